The molecule has 0 aliphatic carbocycles. The van der Waals surface area contributed by atoms with Crippen LogP contribution in [0.3, 0.4) is 0 Å². The van der Waals surface area contributed by atoms with Crippen molar-refractivity contribution < 1.29 is 9.18 Å². The van der Waals surface area contributed by atoms with Gasteiger partial charge in [-0.3, -0.25) is 13.9 Å². The number of amides is 1. The lowest BCUT2D eigenvalue weighted by Crippen LogP contribution is -2.19. The smallest absolute Gasteiger partial charge is 0.323 e. The van der Waals surface area contributed by atoms with E-state index in [2.05, 4.69) is 5.32 Å². The SMILES string of the molecule is Cn1c(=O)n(C)c2cc(CC(=O)Nc3ccccc3F)ccc21. The maximum Gasteiger partial charge on any atom is 0.328 e. The Kier molecular flexibility index (Phi) is 3.73. The largest absolute Gasteiger partial charge is 0.328 e. The highest BCUT2D eigenvalue weighted by molar-refractivity contribution is 5.93. The van der Waals surface area contributed by atoms with Crippen LogP contribution in [0.2, 0.25) is 0 Å². The predicted molar refractivity (Wildman–Crippen MR) is 86.9 cm³/mol. The van der Waals surface area contributed by atoms with Crippen molar-refractivity contribution in [3.63, 3.8) is 0 Å². The number of anilines is 1. The van der Waals surface area contributed by atoms with E-state index in [1.54, 1.807) is 42.9 Å². The van der Waals surface area contributed by atoms with Crippen LogP contribution in [0, 0.1) is 5.82 Å². The summed E-state index contributed by atoms with van der Waals surface area (Å²) in [5.74, 6) is -0.780. The molecule has 23 heavy (non-hydrogen) atoms. The lowest BCUT2D eigenvalue weighted by Gasteiger charge is -2.06. The molecule has 0 fully saturated rings. The van der Waals surface area contributed by atoms with Gasteiger partial charge in [0.25, 0.3) is 0 Å². The number of benzene rings is 2. The van der Waals surface area contributed by atoms with Crippen LogP contribution >= 0.6 is 0 Å². The number of fused-ring (bicyclic) bond motifs is 1. The molecule has 0 spiro atoms. The fraction of sp³-hybridized carbons (Fsp3) is 0.176. The number of hydrogen-bond acceptors (Lipinski definition) is 2. The summed E-state index contributed by atoms with van der Waals surface area (Å²) in [6.45, 7) is 0. The summed E-state index contributed by atoms with van der Waals surface area (Å²) in [6.07, 6.45) is 0.105. The number of carbonyl (C=O) groups is 1. The van der Waals surface area contributed by atoms with E-state index in [9.17, 15) is 14.0 Å². The van der Waals surface area contributed by atoms with Gasteiger partial charge in [0, 0.05) is 14.1 Å². The Balaban J connectivity index is 1.84. The first-order chi connectivity index (χ1) is 11.0. The Morgan fingerprint density at radius 2 is 1.78 bits per heavy atom. The molecule has 0 radical (unpaired) electrons. The van der Waals surface area contributed by atoms with Gasteiger partial charge < -0.3 is 5.32 Å². The van der Waals surface area contributed by atoms with E-state index in [-0.39, 0.29) is 23.7 Å². The number of nitrogens with one attached hydrogen (secondary N) is 1. The van der Waals surface area contributed by atoms with Crippen molar-refractivity contribution in [1.29, 1.82) is 0 Å². The number of imidazole rings is 1. The number of para-hydroxylation sites is 1. The molecule has 1 aromatic heterocycles. The van der Waals surface area contributed by atoms with Crippen LogP contribution in [0.4, 0.5) is 10.1 Å². The summed E-state index contributed by atoms with van der Waals surface area (Å²) in [5, 5.41) is 2.55. The van der Waals surface area contributed by atoms with Gasteiger partial charge in [-0.1, -0.05) is 18.2 Å². The summed E-state index contributed by atoms with van der Waals surface area (Å²) in [5.41, 5.74) is 2.36. The summed E-state index contributed by atoms with van der Waals surface area (Å²) in [7, 11) is 3.39. The third-order valence-corrected chi connectivity index (χ3v) is 3.85. The molecule has 1 amide bonds. The molecule has 1 N–H and O–H groups in total. The summed E-state index contributed by atoms with van der Waals surface area (Å²) >= 11 is 0. The maximum absolute atomic E-state index is 13.5. The van der Waals surface area contributed by atoms with Crippen LogP contribution in [-0.2, 0) is 25.3 Å². The fourth-order valence-electron chi connectivity index (χ4n) is 2.60. The first kappa shape index (κ1) is 15.0. The summed E-state index contributed by atoms with van der Waals surface area (Å²) < 4.78 is 16.6. The van der Waals surface area contributed by atoms with Gasteiger partial charge in [-0.25, -0.2) is 9.18 Å². The molecule has 0 bridgehead atoms. The van der Waals surface area contributed by atoms with Crippen LogP contribution in [0.15, 0.2) is 47.3 Å². The number of aryl methyl sites for hydroxylation is 2. The van der Waals surface area contributed by atoms with Gasteiger partial charge >= 0.3 is 5.69 Å². The van der Waals surface area contributed by atoms with E-state index < -0.39 is 5.82 Å². The van der Waals surface area contributed by atoms with Crippen molar-refractivity contribution in [2.75, 3.05) is 5.32 Å². The zero-order valence-corrected chi connectivity index (χ0v) is 12.8. The molecule has 0 unspecified atom stereocenters. The molecule has 1 heterocycles. The Hall–Kier alpha value is -2.89. The highest BCUT2D eigenvalue weighted by atomic mass is 19.1. The number of nitrogens with zero attached hydrogens (tertiary/aromatic N) is 2. The monoisotopic (exact) mass is 313 g/mol. The molecule has 3 rings (SSSR count). The van der Waals surface area contributed by atoms with E-state index >= 15 is 0 Å². The standard InChI is InChI=1S/C17H16FN3O2/c1-20-14-8-7-11(9-15(14)21(2)17(20)23)10-16(22)19-13-6-4-3-5-12(13)18/h3-9H,10H2,1-2H3,(H,19,22). The van der Waals surface area contributed by atoms with Gasteiger partial charge in [0.05, 0.1) is 23.1 Å². The van der Waals surface area contributed by atoms with Crippen molar-refractivity contribution in [3.05, 3.63) is 64.3 Å². The molecule has 118 valence electrons. The molecule has 0 saturated heterocycles. The van der Waals surface area contributed by atoms with Crippen molar-refractivity contribution in [3.8, 4) is 0 Å². The lowest BCUT2D eigenvalue weighted by molar-refractivity contribution is -0.115. The van der Waals surface area contributed by atoms with E-state index in [0.717, 1.165) is 16.6 Å². The van der Waals surface area contributed by atoms with Crippen LogP contribution < -0.4 is 11.0 Å². The predicted octanol–water partition coefficient (Wildman–Crippen LogP) is 2.20. The van der Waals surface area contributed by atoms with Crippen molar-refractivity contribution in [1.82, 2.24) is 9.13 Å². The van der Waals surface area contributed by atoms with E-state index in [1.807, 2.05) is 6.07 Å². The van der Waals surface area contributed by atoms with Crippen molar-refractivity contribution in [2.45, 2.75) is 6.42 Å². The quantitative estimate of drug-likeness (QED) is 0.806. The van der Waals surface area contributed by atoms with E-state index in [4.69, 9.17) is 0 Å². The van der Waals surface area contributed by atoms with Gasteiger partial charge in [0.2, 0.25) is 5.91 Å². The zero-order valence-electron chi connectivity index (χ0n) is 12.8. The topological polar surface area (TPSA) is 56.0 Å². The van der Waals surface area contributed by atoms with E-state index in [1.165, 1.54) is 16.7 Å². The van der Waals surface area contributed by atoms with Crippen LogP contribution in [0.25, 0.3) is 11.0 Å². The highest BCUT2D eigenvalue weighted by Crippen LogP contribution is 2.16. The Labute approximate surface area is 132 Å². The second-order valence-electron chi connectivity index (χ2n) is 5.43. The average molecular weight is 313 g/mol. The number of hydrogen-bond donors (Lipinski definition) is 1. The minimum Gasteiger partial charge on any atom is -0.323 e. The summed E-state index contributed by atoms with van der Waals surface area (Å²) in [4.78, 5) is 24.0. The second-order valence-corrected chi connectivity index (χ2v) is 5.43. The Morgan fingerprint density at radius 3 is 2.52 bits per heavy atom. The maximum atomic E-state index is 13.5. The van der Waals surface area contributed by atoms with Gasteiger partial charge in [-0.05, 0) is 29.8 Å². The number of aromatic nitrogens is 2. The van der Waals surface area contributed by atoms with Crippen molar-refractivity contribution in [2.24, 2.45) is 14.1 Å². The number of halogens is 1. The van der Waals surface area contributed by atoms with Crippen LogP contribution in [0.5, 0.6) is 0 Å². The molecule has 0 aliphatic heterocycles. The number of rotatable bonds is 3. The minimum absolute atomic E-state index is 0.105. The molecular weight excluding hydrogens is 297 g/mol. The van der Waals surface area contributed by atoms with Gasteiger partial charge in [-0.2, -0.15) is 0 Å². The molecule has 5 nitrogen and oxygen atoms in total. The molecule has 0 saturated carbocycles. The summed E-state index contributed by atoms with van der Waals surface area (Å²) in [6, 6.07) is 11.4. The van der Waals surface area contributed by atoms with Crippen LogP contribution in [-0.4, -0.2) is 15.0 Å². The fourth-order valence-corrected chi connectivity index (χ4v) is 2.60. The Bertz CT molecular complexity index is 956. The zero-order chi connectivity index (χ0) is 16.6. The minimum atomic E-state index is -0.471. The highest BCUT2D eigenvalue weighted by Gasteiger charge is 2.11. The first-order valence-electron chi connectivity index (χ1n) is 7.16. The normalized spacial score (nSPS) is 10.9. The third-order valence-electron chi connectivity index (χ3n) is 3.85. The number of carbonyl (C=O) groups excluding carboxylic acids is 1. The second kappa shape index (κ2) is 5.72. The van der Waals surface area contributed by atoms with E-state index in [0.29, 0.717) is 0 Å². The molecule has 2 aromatic carbocycles. The molecule has 0 atom stereocenters. The molecular formula is C17H16FN3O2. The molecule has 0 aliphatic rings. The average Bonchev–Trinajstić information content (AvgIpc) is 2.74. The molecule has 6 heteroatoms. The lowest BCUT2D eigenvalue weighted by atomic mass is 10.1. The van der Waals surface area contributed by atoms with Gasteiger partial charge in [0.15, 0.2) is 0 Å². The van der Waals surface area contributed by atoms with Crippen molar-refractivity contribution >= 4 is 22.6 Å². The Morgan fingerprint density at radius 1 is 1.09 bits per heavy atom. The van der Waals surface area contributed by atoms with Gasteiger partial charge in [-0.15, -0.1) is 0 Å². The third kappa shape index (κ3) is 2.75. The first-order valence-corrected chi connectivity index (χ1v) is 7.16. The van der Waals surface area contributed by atoms with Gasteiger partial charge in [0.1, 0.15) is 5.82 Å². The molecule has 3 aromatic rings. The van der Waals surface area contributed by atoms with Crippen LogP contribution in [0.1, 0.15) is 5.56 Å².